The van der Waals surface area contributed by atoms with Crippen molar-refractivity contribution in [2.45, 2.75) is 6.92 Å². The lowest BCUT2D eigenvalue weighted by atomic mass is 10.2. The fraction of sp³-hybridized carbons (Fsp3) is 0.0769. The van der Waals surface area contributed by atoms with Crippen molar-refractivity contribution in [1.29, 1.82) is 0 Å². The molecule has 0 aliphatic carbocycles. The summed E-state index contributed by atoms with van der Waals surface area (Å²) in [5.74, 6) is -0.223. The van der Waals surface area contributed by atoms with Gasteiger partial charge in [0, 0.05) is 17.6 Å². The molecule has 18 heavy (non-hydrogen) atoms. The first-order chi connectivity index (χ1) is 8.58. The van der Waals surface area contributed by atoms with Crippen molar-refractivity contribution in [3.05, 3.63) is 57.8 Å². The molecule has 1 aromatic carbocycles. The molecule has 2 rings (SSSR count). The summed E-state index contributed by atoms with van der Waals surface area (Å²) in [5, 5.41) is 3.60. The van der Waals surface area contributed by atoms with E-state index in [4.69, 9.17) is 23.2 Å². The molecule has 0 aliphatic heterocycles. The first-order valence-corrected chi connectivity index (χ1v) is 6.01. The molecule has 5 heteroatoms. The molecule has 92 valence electrons. The third-order valence-corrected chi connectivity index (χ3v) is 3.17. The SMILES string of the molecule is Cc1ncccc1C(=O)Nc1ccc(Cl)c(Cl)c1. The maximum Gasteiger partial charge on any atom is 0.257 e. The van der Waals surface area contributed by atoms with Gasteiger partial charge in [0.05, 0.1) is 15.6 Å². The van der Waals surface area contributed by atoms with Gasteiger partial charge in [-0.2, -0.15) is 0 Å². The van der Waals surface area contributed by atoms with Gasteiger partial charge in [-0.05, 0) is 37.3 Å². The smallest absolute Gasteiger partial charge is 0.257 e. The normalized spacial score (nSPS) is 10.2. The minimum absolute atomic E-state index is 0.223. The van der Waals surface area contributed by atoms with Gasteiger partial charge in [-0.1, -0.05) is 23.2 Å². The number of aryl methyl sites for hydroxylation is 1. The first kappa shape index (κ1) is 12.9. The van der Waals surface area contributed by atoms with Gasteiger partial charge in [-0.3, -0.25) is 9.78 Å². The number of hydrogen-bond donors (Lipinski definition) is 1. The van der Waals surface area contributed by atoms with Gasteiger partial charge in [0.15, 0.2) is 0 Å². The van der Waals surface area contributed by atoms with Gasteiger partial charge < -0.3 is 5.32 Å². The van der Waals surface area contributed by atoms with Gasteiger partial charge in [-0.15, -0.1) is 0 Å². The molecule has 0 aliphatic rings. The van der Waals surface area contributed by atoms with E-state index in [-0.39, 0.29) is 5.91 Å². The zero-order valence-corrected chi connectivity index (χ0v) is 11.1. The van der Waals surface area contributed by atoms with Gasteiger partial charge in [0.1, 0.15) is 0 Å². The molecule has 1 heterocycles. The van der Waals surface area contributed by atoms with E-state index >= 15 is 0 Å². The van der Waals surface area contributed by atoms with Gasteiger partial charge in [0.25, 0.3) is 5.91 Å². The Morgan fingerprint density at radius 1 is 1.22 bits per heavy atom. The molecule has 0 saturated heterocycles. The molecule has 0 fully saturated rings. The minimum Gasteiger partial charge on any atom is -0.322 e. The van der Waals surface area contributed by atoms with Crippen molar-refractivity contribution in [2.24, 2.45) is 0 Å². The van der Waals surface area contributed by atoms with Gasteiger partial charge in [0.2, 0.25) is 0 Å². The monoisotopic (exact) mass is 280 g/mol. The van der Waals surface area contributed by atoms with E-state index < -0.39 is 0 Å². The van der Waals surface area contributed by atoms with E-state index in [1.54, 1.807) is 43.5 Å². The molecule has 0 atom stereocenters. The number of halogens is 2. The highest BCUT2D eigenvalue weighted by molar-refractivity contribution is 6.42. The van der Waals surface area contributed by atoms with Crippen LogP contribution in [0.5, 0.6) is 0 Å². The minimum atomic E-state index is -0.223. The topological polar surface area (TPSA) is 42.0 Å². The van der Waals surface area contributed by atoms with Crippen LogP contribution in [0.15, 0.2) is 36.5 Å². The summed E-state index contributed by atoms with van der Waals surface area (Å²) in [6.45, 7) is 1.78. The first-order valence-electron chi connectivity index (χ1n) is 5.26. The third-order valence-electron chi connectivity index (χ3n) is 2.43. The van der Waals surface area contributed by atoms with Crippen molar-refractivity contribution < 1.29 is 4.79 Å². The maximum absolute atomic E-state index is 12.0. The predicted octanol–water partition coefficient (Wildman–Crippen LogP) is 3.95. The van der Waals surface area contributed by atoms with Crippen LogP contribution < -0.4 is 5.32 Å². The van der Waals surface area contributed by atoms with Crippen LogP contribution in [0.3, 0.4) is 0 Å². The standard InChI is InChI=1S/C13H10Cl2N2O/c1-8-10(3-2-6-16-8)13(18)17-9-4-5-11(14)12(15)7-9/h2-7H,1H3,(H,17,18). The number of benzene rings is 1. The number of carbonyl (C=O) groups is 1. The maximum atomic E-state index is 12.0. The Balaban J connectivity index is 2.22. The summed E-state index contributed by atoms with van der Waals surface area (Å²) >= 11 is 11.7. The Kier molecular flexibility index (Phi) is 3.84. The molecular weight excluding hydrogens is 271 g/mol. The summed E-state index contributed by atoms with van der Waals surface area (Å²) in [6.07, 6.45) is 1.64. The van der Waals surface area contributed by atoms with Crippen LogP contribution in [0.2, 0.25) is 10.0 Å². The van der Waals surface area contributed by atoms with E-state index in [0.29, 0.717) is 27.0 Å². The fourth-order valence-electron chi connectivity index (χ4n) is 1.50. The van der Waals surface area contributed by atoms with Crippen LogP contribution in [-0.4, -0.2) is 10.9 Å². The summed E-state index contributed by atoms with van der Waals surface area (Å²) in [7, 11) is 0. The molecule has 0 unspecified atom stereocenters. The summed E-state index contributed by atoms with van der Waals surface area (Å²) in [4.78, 5) is 16.1. The number of nitrogens with one attached hydrogen (secondary N) is 1. The molecule has 2 aromatic rings. The lowest BCUT2D eigenvalue weighted by Gasteiger charge is -2.07. The van der Waals surface area contributed by atoms with Crippen LogP contribution in [0, 0.1) is 6.92 Å². The van der Waals surface area contributed by atoms with Crippen molar-refractivity contribution in [3.63, 3.8) is 0 Å². The second kappa shape index (κ2) is 5.38. The molecule has 0 saturated carbocycles. The van der Waals surface area contributed by atoms with Gasteiger partial charge in [-0.25, -0.2) is 0 Å². The number of pyridine rings is 1. The van der Waals surface area contributed by atoms with Crippen molar-refractivity contribution in [3.8, 4) is 0 Å². The Morgan fingerprint density at radius 2 is 2.00 bits per heavy atom. The van der Waals surface area contributed by atoms with Crippen LogP contribution in [0.25, 0.3) is 0 Å². The highest BCUT2D eigenvalue weighted by atomic mass is 35.5. The summed E-state index contributed by atoms with van der Waals surface area (Å²) in [6, 6.07) is 8.37. The molecule has 3 nitrogen and oxygen atoms in total. The largest absolute Gasteiger partial charge is 0.322 e. The number of aromatic nitrogens is 1. The Hall–Kier alpha value is -1.58. The Labute approximate surface area is 115 Å². The van der Waals surface area contributed by atoms with Crippen molar-refractivity contribution in [1.82, 2.24) is 4.98 Å². The molecular formula is C13H10Cl2N2O. The number of carbonyl (C=O) groups excluding carboxylic acids is 1. The predicted molar refractivity (Wildman–Crippen MR) is 73.4 cm³/mol. The molecule has 1 amide bonds. The number of hydrogen-bond acceptors (Lipinski definition) is 2. The van der Waals surface area contributed by atoms with E-state index in [1.165, 1.54) is 0 Å². The average Bonchev–Trinajstić information content (AvgIpc) is 2.34. The molecule has 1 N–H and O–H groups in total. The zero-order chi connectivity index (χ0) is 13.1. The third kappa shape index (κ3) is 2.81. The highest BCUT2D eigenvalue weighted by Crippen LogP contribution is 2.25. The molecule has 0 radical (unpaired) electrons. The Bertz CT molecular complexity index is 599. The van der Waals surface area contributed by atoms with Crippen LogP contribution >= 0.6 is 23.2 Å². The summed E-state index contributed by atoms with van der Waals surface area (Å²) in [5.41, 5.74) is 1.80. The van der Waals surface area contributed by atoms with Crippen LogP contribution in [0.4, 0.5) is 5.69 Å². The zero-order valence-electron chi connectivity index (χ0n) is 9.58. The van der Waals surface area contributed by atoms with E-state index in [0.717, 1.165) is 0 Å². The van der Waals surface area contributed by atoms with Crippen LogP contribution in [0.1, 0.15) is 16.1 Å². The van der Waals surface area contributed by atoms with Crippen LogP contribution in [-0.2, 0) is 0 Å². The molecule has 0 spiro atoms. The number of anilines is 1. The van der Waals surface area contributed by atoms with Crippen molar-refractivity contribution >= 4 is 34.8 Å². The highest BCUT2D eigenvalue weighted by Gasteiger charge is 2.10. The second-order valence-electron chi connectivity index (χ2n) is 3.72. The number of rotatable bonds is 2. The van der Waals surface area contributed by atoms with E-state index in [1.807, 2.05) is 0 Å². The fourth-order valence-corrected chi connectivity index (χ4v) is 1.79. The van der Waals surface area contributed by atoms with Gasteiger partial charge >= 0.3 is 0 Å². The van der Waals surface area contributed by atoms with Crippen molar-refractivity contribution in [2.75, 3.05) is 5.32 Å². The van der Waals surface area contributed by atoms with E-state index in [2.05, 4.69) is 10.3 Å². The second-order valence-corrected chi connectivity index (χ2v) is 4.53. The lowest BCUT2D eigenvalue weighted by molar-refractivity contribution is 0.102. The number of amides is 1. The average molecular weight is 281 g/mol. The summed E-state index contributed by atoms with van der Waals surface area (Å²) < 4.78 is 0. The lowest BCUT2D eigenvalue weighted by Crippen LogP contribution is -2.13. The molecule has 1 aromatic heterocycles. The Morgan fingerprint density at radius 3 is 2.67 bits per heavy atom. The number of nitrogens with zero attached hydrogens (tertiary/aromatic N) is 1. The molecule has 0 bridgehead atoms. The van der Waals surface area contributed by atoms with E-state index in [9.17, 15) is 4.79 Å². The quantitative estimate of drug-likeness (QED) is 0.905.